The first-order valence-electron chi connectivity index (χ1n) is 13.6. The highest BCUT2D eigenvalue weighted by Gasteiger charge is 2.34. The maximum Gasteiger partial charge on any atom is 0.259 e. The lowest BCUT2D eigenvalue weighted by Gasteiger charge is -2.39. The van der Waals surface area contributed by atoms with E-state index < -0.39 is 10.0 Å². The highest BCUT2D eigenvalue weighted by molar-refractivity contribution is 7.98. The Morgan fingerprint density at radius 3 is 2.52 bits per heavy atom. The molecule has 40 heavy (non-hydrogen) atoms. The maximum absolute atomic E-state index is 14.1. The molecule has 1 fully saturated rings. The largest absolute Gasteiger partial charge is 0.369 e. The van der Waals surface area contributed by atoms with Gasteiger partial charge in [-0.05, 0) is 42.9 Å². The summed E-state index contributed by atoms with van der Waals surface area (Å²) >= 11 is 1.78. The van der Waals surface area contributed by atoms with Gasteiger partial charge in [-0.25, -0.2) is 23.1 Å². The minimum absolute atomic E-state index is 0. The quantitative estimate of drug-likeness (QED) is 0.311. The topological polar surface area (TPSA) is 116 Å². The van der Waals surface area contributed by atoms with Gasteiger partial charge in [-0.15, -0.1) is 0 Å². The van der Waals surface area contributed by atoms with E-state index in [4.69, 9.17) is 4.98 Å². The number of nitrogens with one attached hydrogen (secondary N) is 3. The summed E-state index contributed by atoms with van der Waals surface area (Å²) in [4.78, 5) is 25.5. The molecule has 1 aliphatic rings. The van der Waals surface area contributed by atoms with Crippen molar-refractivity contribution in [2.75, 3.05) is 43.5 Å². The third kappa shape index (κ3) is 9.43. The molecule has 3 rings (SSSR count). The molecule has 0 saturated carbocycles. The molecular formula is C29H48N6O3S2. The molecule has 0 aliphatic carbocycles. The number of hydrogen-bond donors (Lipinski definition) is 3. The second-order valence-electron chi connectivity index (χ2n) is 11.5. The minimum atomic E-state index is -3.67. The van der Waals surface area contributed by atoms with Gasteiger partial charge in [0.2, 0.25) is 10.0 Å². The average molecular weight is 593 g/mol. The number of thioether (sulfide) groups is 1. The van der Waals surface area contributed by atoms with Gasteiger partial charge < -0.3 is 15.5 Å². The molecule has 0 spiro atoms. The van der Waals surface area contributed by atoms with Crippen LogP contribution in [0, 0.1) is 5.92 Å². The van der Waals surface area contributed by atoms with Crippen LogP contribution in [0.4, 0.5) is 5.82 Å². The molecule has 0 unspecified atom stereocenters. The van der Waals surface area contributed by atoms with Crippen LogP contribution in [0.1, 0.15) is 71.1 Å². The predicted octanol–water partition coefficient (Wildman–Crippen LogP) is 4.38. The average Bonchev–Trinajstić information content (AvgIpc) is 2.89. The standard InChI is InChI=1S/C28H44N6O3S2.CH4/c1-20(2)19-34(22-15-21(16-29-17-22)33-39(36,37)23-11-8-7-9-12-23)26(35)24-18-31-27(28(3,4)5)32-25(24)30-13-10-14-38-6;/h7-9,11-12,18,20-22,29,33H,10,13-17,19H2,1-6H3,(H,30,31,32);1H4/t21-,22+;/m1./s1. The molecule has 2 heterocycles. The monoisotopic (exact) mass is 592 g/mol. The Labute approximate surface area is 245 Å². The van der Waals surface area contributed by atoms with E-state index in [1.165, 1.54) is 0 Å². The van der Waals surface area contributed by atoms with Gasteiger partial charge in [0.1, 0.15) is 17.2 Å². The zero-order valence-electron chi connectivity index (χ0n) is 24.0. The SMILES string of the molecule is C.CSCCCNc1nc(C(C)(C)C)ncc1C(=O)N(CC(C)C)[C@@H]1CNC[C@H](NS(=O)(=O)c2ccccc2)C1. The van der Waals surface area contributed by atoms with Crippen LogP contribution in [0.5, 0.6) is 0 Å². The molecule has 3 N–H and O–H groups in total. The number of carbonyl (C=O) groups excluding carboxylic acids is 1. The second-order valence-corrected chi connectivity index (χ2v) is 14.2. The fraction of sp³-hybridized carbons (Fsp3) is 0.621. The number of amides is 1. The van der Waals surface area contributed by atoms with E-state index >= 15 is 0 Å². The summed E-state index contributed by atoms with van der Waals surface area (Å²) in [5.74, 6) is 2.33. The van der Waals surface area contributed by atoms with Crippen LogP contribution < -0.4 is 15.4 Å². The van der Waals surface area contributed by atoms with Gasteiger partial charge in [0.15, 0.2) is 0 Å². The highest BCUT2D eigenvalue weighted by Crippen LogP contribution is 2.25. The van der Waals surface area contributed by atoms with Crippen LogP contribution >= 0.6 is 11.8 Å². The number of carbonyl (C=O) groups is 1. The van der Waals surface area contributed by atoms with Crippen LogP contribution in [-0.4, -0.2) is 79.5 Å². The number of rotatable bonds is 12. The minimum Gasteiger partial charge on any atom is -0.369 e. The molecule has 1 aromatic carbocycles. The zero-order valence-corrected chi connectivity index (χ0v) is 25.7. The van der Waals surface area contributed by atoms with Crippen LogP contribution in [-0.2, 0) is 15.4 Å². The first-order valence-corrected chi connectivity index (χ1v) is 16.5. The summed E-state index contributed by atoms with van der Waals surface area (Å²) in [5.41, 5.74) is 0.186. The number of piperidine rings is 1. The van der Waals surface area contributed by atoms with Crippen molar-refractivity contribution in [3.8, 4) is 0 Å². The van der Waals surface area contributed by atoms with Crippen molar-refractivity contribution in [1.29, 1.82) is 0 Å². The lowest BCUT2D eigenvalue weighted by molar-refractivity contribution is 0.0608. The van der Waals surface area contributed by atoms with Crippen molar-refractivity contribution in [3.05, 3.63) is 47.9 Å². The van der Waals surface area contributed by atoms with Gasteiger partial charge >= 0.3 is 0 Å². The predicted molar refractivity (Wildman–Crippen MR) is 167 cm³/mol. The fourth-order valence-electron chi connectivity index (χ4n) is 4.54. The number of aromatic nitrogens is 2. The van der Waals surface area contributed by atoms with Crippen molar-refractivity contribution in [2.24, 2.45) is 5.92 Å². The molecule has 0 bridgehead atoms. The number of sulfonamides is 1. The lowest BCUT2D eigenvalue weighted by Crippen LogP contribution is -2.57. The Balaban J connectivity index is 0.00000560. The van der Waals surface area contributed by atoms with E-state index in [0.29, 0.717) is 49.8 Å². The van der Waals surface area contributed by atoms with Crippen LogP contribution in [0.15, 0.2) is 41.4 Å². The summed E-state index contributed by atoms with van der Waals surface area (Å²) in [6.07, 6.45) is 5.18. The van der Waals surface area contributed by atoms with E-state index in [9.17, 15) is 13.2 Å². The van der Waals surface area contributed by atoms with Crippen molar-refractivity contribution in [1.82, 2.24) is 24.9 Å². The van der Waals surface area contributed by atoms with Crippen LogP contribution in [0.3, 0.4) is 0 Å². The molecule has 224 valence electrons. The van der Waals surface area contributed by atoms with Crippen LogP contribution in [0.2, 0.25) is 0 Å². The van der Waals surface area contributed by atoms with Gasteiger partial charge in [-0.3, -0.25) is 4.79 Å². The van der Waals surface area contributed by atoms with Gasteiger partial charge in [-0.1, -0.05) is 60.2 Å². The molecule has 2 atom stereocenters. The van der Waals surface area contributed by atoms with E-state index in [0.717, 1.165) is 12.2 Å². The Morgan fingerprint density at radius 1 is 1.20 bits per heavy atom. The third-order valence-corrected chi connectivity index (χ3v) is 8.71. The molecule has 11 heteroatoms. The van der Waals surface area contributed by atoms with Crippen molar-refractivity contribution < 1.29 is 13.2 Å². The Bertz CT molecular complexity index is 1190. The molecule has 1 saturated heterocycles. The van der Waals surface area contributed by atoms with Gasteiger partial charge in [0.25, 0.3) is 5.91 Å². The van der Waals surface area contributed by atoms with Gasteiger partial charge in [-0.2, -0.15) is 11.8 Å². The summed E-state index contributed by atoms with van der Waals surface area (Å²) in [5, 5.41) is 6.73. The number of anilines is 1. The highest BCUT2D eigenvalue weighted by atomic mass is 32.2. The molecule has 0 radical (unpaired) electrons. The van der Waals surface area contributed by atoms with E-state index in [1.54, 1.807) is 48.3 Å². The summed E-state index contributed by atoms with van der Waals surface area (Å²) < 4.78 is 28.8. The second kappa shape index (κ2) is 15.1. The van der Waals surface area contributed by atoms with Crippen LogP contribution in [0.25, 0.3) is 0 Å². The van der Waals surface area contributed by atoms with Gasteiger partial charge in [0, 0.05) is 49.9 Å². The van der Waals surface area contributed by atoms with Crippen molar-refractivity contribution >= 4 is 33.5 Å². The molecule has 1 aliphatic heterocycles. The molecule has 1 aromatic heterocycles. The summed E-state index contributed by atoms with van der Waals surface area (Å²) in [7, 11) is -3.67. The van der Waals surface area contributed by atoms with Gasteiger partial charge in [0.05, 0.1) is 4.90 Å². The number of benzene rings is 1. The zero-order chi connectivity index (χ0) is 28.6. The van der Waals surface area contributed by atoms with E-state index in [2.05, 4.69) is 61.2 Å². The Hall–Kier alpha value is -2.21. The number of hydrogen-bond acceptors (Lipinski definition) is 8. The molecular weight excluding hydrogens is 544 g/mol. The molecule has 2 aromatic rings. The first kappa shape index (κ1) is 34.0. The normalized spacial score (nSPS) is 17.8. The maximum atomic E-state index is 14.1. The lowest BCUT2D eigenvalue weighted by atomic mass is 9.95. The summed E-state index contributed by atoms with van der Waals surface area (Å²) in [6, 6.07) is 7.83. The first-order chi connectivity index (χ1) is 18.4. The summed E-state index contributed by atoms with van der Waals surface area (Å²) in [6.45, 7) is 12.6. The molecule has 9 nitrogen and oxygen atoms in total. The van der Waals surface area contributed by atoms with Crippen molar-refractivity contribution in [2.45, 2.75) is 77.3 Å². The Morgan fingerprint density at radius 2 is 1.90 bits per heavy atom. The molecule has 1 amide bonds. The smallest absolute Gasteiger partial charge is 0.259 e. The van der Waals surface area contributed by atoms with Crippen molar-refractivity contribution in [3.63, 3.8) is 0 Å². The fourth-order valence-corrected chi connectivity index (χ4v) is 6.24. The number of nitrogens with zero attached hydrogens (tertiary/aromatic N) is 3. The Kier molecular flexibility index (Phi) is 12.9. The van der Waals surface area contributed by atoms with E-state index in [-0.39, 0.29) is 41.6 Å². The third-order valence-electron chi connectivity index (χ3n) is 6.47. The van der Waals surface area contributed by atoms with E-state index in [1.807, 2.05) is 4.90 Å².